The molecule has 12 nitrogen and oxygen atoms in total. The van der Waals surface area contributed by atoms with Crippen LogP contribution in [0.2, 0.25) is 0 Å². The molecule has 1 saturated heterocycles. The Morgan fingerprint density at radius 2 is 1.44 bits per heavy atom. The number of piperidine rings is 1. The third-order valence-corrected chi connectivity index (χ3v) is 11.1. The first-order chi connectivity index (χ1) is 26.5. The zero-order valence-electron chi connectivity index (χ0n) is 31.2. The number of benzene rings is 4. The van der Waals surface area contributed by atoms with Gasteiger partial charge in [0, 0.05) is 40.1 Å². The molecule has 6 rings (SSSR count). The number of hydrogen-bond acceptors (Lipinski definition) is 12. The van der Waals surface area contributed by atoms with E-state index in [0.717, 1.165) is 5.56 Å². The van der Waals surface area contributed by atoms with Gasteiger partial charge in [-0.05, 0) is 47.5 Å². The van der Waals surface area contributed by atoms with Crippen LogP contribution in [0.3, 0.4) is 0 Å². The number of azo groups is 1. The number of rotatable bonds is 13. The van der Waals surface area contributed by atoms with Gasteiger partial charge in [-0.15, -0.1) is 0 Å². The number of methoxy groups -OCH3 is 1. The van der Waals surface area contributed by atoms with E-state index in [1.165, 1.54) is 44.5 Å². The van der Waals surface area contributed by atoms with E-state index in [9.17, 15) is 14.4 Å². The second-order valence-electron chi connectivity index (χ2n) is 13.1. The fourth-order valence-electron chi connectivity index (χ4n) is 7.13. The fraction of sp³-hybridized carbons (Fsp3) is 0.286. The Hall–Kier alpha value is -5.95. The van der Waals surface area contributed by atoms with E-state index in [0.29, 0.717) is 40.0 Å². The summed E-state index contributed by atoms with van der Waals surface area (Å²) in [6, 6.07) is 33.9. The molecule has 2 heterocycles. The number of amides is 1. The van der Waals surface area contributed by atoms with Crippen molar-refractivity contribution in [1.82, 2.24) is 4.90 Å². The predicted octanol–water partition coefficient (Wildman–Crippen LogP) is 7.18. The molecule has 55 heavy (non-hydrogen) atoms. The Balaban J connectivity index is 1.66. The number of hydrogen-bond donors (Lipinski definition) is 0. The van der Waals surface area contributed by atoms with E-state index >= 15 is 4.79 Å². The molecule has 2 aliphatic rings. The summed E-state index contributed by atoms with van der Waals surface area (Å²) in [6.45, 7) is 3.75. The summed E-state index contributed by atoms with van der Waals surface area (Å²) in [6.07, 6.45) is -2.51. The summed E-state index contributed by atoms with van der Waals surface area (Å²) < 4.78 is 21.6. The highest BCUT2D eigenvalue weighted by molar-refractivity contribution is 8.05. The smallest absolute Gasteiger partial charge is 0.303 e. The first kappa shape index (κ1) is 38.8. The van der Waals surface area contributed by atoms with Gasteiger partial charge in [0.2, 0.25) is 5.91 Å². The topological polar surface area (TPSA) is 136 Å². The SMILES string of the molecule is COc1ccc(N2C(=O)[C@@]3(c4ccccc4)SC(N(C)Cc4ccccc4)=C(N=Nc4ccccc4)[C@@H]3[C@@H](OC(C)=O)[C@H]2[C@H](COC(C)=O)OC(C)=O)cc1. The Morgan fingerprint density at radius 3 is 2.02 bits per heavy atom. The summed E-state index contributed by atoms with van der Waals surface area (Å²) in [5.41, 5.74) is 3.00. The maximum absolute atomic E-state index is 16.0. The fourth-order valence-corrected chi connectivity index (χ4v) is 8.74. The maximum atomic E-state index is 16.0. The first-order valence-electron chi connectivity index (χ1n) is 17.7. The number of fused-ring (bicyclic) bond motifs is 1. The van der Waals surface area contributed by atoms with Gasteiger partial charge in [0.05, 0.1) is 23.7 Å². The largest absolute Gasteiger partial charge is 0.497 e. The van der Waals surface area contributed by atoms with Gasteiger partial charge in [0.1, 0.15) is 34.9 Å². The number of anilines is 1. The van der Waals surface area contributed by atoms with E-state index in [2.05, 4.69) is 5.11 Å². The molecule has 0 aromatic heterocycles. The normalized spacial score (nSPS) is 21.1. The van der Waals surface area contributed by atoms with Crippen molar-refractivity contribution in [3.05, 3.63) is 137 Å². The minimum Gasteiger partial charge on any atom is -0.497 e. The first-order valence-corrected chi connectivity index (χ1v) is 18.5. The summed E-state index contributed by atoms with van der Waals surface area (Å²) in [5, 5.41) is 10.2. The Labute approximate surface area is 324 Å². The van der Waals surface area contributed by atoms with Crippen LogP contribution in [0.4, 0.5) is 11.4 Å². The van der Waals surface area contributed by atoms with Crippen LogP contribution in [0, 0.1) is 5.92 Å². The Morgan fingerprint density at radius 1 is 0.818 bits per heavy atom. The van der Waals surface area contributed by atoms with Gasteiger partial charge in [-0.25, -0.2) is 0 Å². The lowest BCUT2D eigenvalue weighted by molar-refractivity contribution is -0.169. The molecule has 1 fully saturated rings. The Bertz CT molecular complexity index is 2060. The lowest BCUT2D eigenvalue weighted by atomic mass is 9.71. The molecule has 0 bridgehead atoms. The molecule has 0 aliphatic carbocycles. The van der Waals surface area contributed by atoms with Crippen molar-refractivity contribution in [2.24, 2.45) is 16.1 Å². The van der Waals surface area contributed by atoms with Gasteiger partial charge in [-0.2, -0.15) is 10.2 Å². The standard InChI is InChI=1S/C42H42N4O8S/c1-27(47)52-26-35(53-28(2)48)38-39(54-29(3)49)36-37(44-43-32-19-13-8-14-20-32)40(45(4)25-30-15-9-6-10-16-30)55-42(36,31-17-11-7-12-18-31)41(50)46(38)33-21-23-34(51-5)24-22-33/h6-24,35-36,38-39H,25-26H2,1-5H3/t35-,36+,38+,39+,42-/m0/s1. The molecule has 0 spiro atoms. The van der Waals surface area contributed by atoms with Crippen LogP contribution in [-0.4, -0.2) is 67.7 Å². The lowest BCUT2D eigenvalue weighted by Gasteiger charge is -2.52. The highest BCUT2D eigenvalue weighted by Gasteiger charge is 2.68. The molecule has 0 radical (unpaired) electrons. The van der Waals surface area contributed by atoms with E-state index in [4.69, 9.17) is 24.1 Å². The highest BCUT2D eigenvalue weighted by atomic mass is 32.2. The minimum atomic E-state index is -1.49. The average Bonchev–Trinajstić information content (AvgIpc) is 3.54. The van der Waals surface area contributed by atoms with Gasteiger partial charge in [-0.3, -0.25) is 19.2 Å². The van der Waals surface area contributed by atoms with Crippen LogP contribution >= 0.6 is 11.8 Å². The van der Waals surface area contributed by atoms with Crippen LogP contribution in [0.25, 0.3) is 0 Å². The van der Waals surface area contributed by atoms with Crippen molar-refractivity contribution in [3.8, 4) is 5.75 Å². The third-order valence-electron chi connectivity index (χ3n) is 9.35. The van der Waals surface area contributed by atoms with Crippen molar-refractivity contribution >= 4 is 47.0 Å². The Kier molecular flexibility index (Phi) is 12.0. The number of ether oxygens (including phenoxy) is 4. The monoisotopic (exact) mass is 762 g/mol. The molecular weight excluding hydrogens is 721 g/mol. The number of nitrogens with zero attached hydrogens (tertiary/aromatic N) is 4. The van der Waals surface area contributed by atoms with Gasteiger partial charge in [0.15, 0.2) is 6.10 Å². The quantitative estimate of drug-likeness (QED) is 0.0783. The molecule has 0 saturated carbocycles. The second-order valence-corrected chi connectivity index (χ2v) is 14.4. The summed E-state index contributed by atoms with van der Waals surface area (Å²) in [7, 11) is 3.45. The average molecular weight is 763 g/mol. The van der Waals surface area contributed by atoms with Crippen molar-refractivity contribution in [2.75, 3.05) is 25.7 Å². The molecule has 0 unspecified atom stereocenters. The van der Waals surface area contributed by atoms with Gasteiger partial charge >= 0.3 is 17.9 Å². The number of thioether (sulfide) groups is 1. The summed E-state index contributed by atoms with van der Waals surface area (Å²) >= 11 is 1.31. The lowest BCUT2D eigenvalue weighted by Crippen LogP contribution is -2.69. The zero-order chi connectivity index (χ0) is 39.1. The van der Waals surface area contributed by atoms with Gasteiger partial charge < -0.3 is 28.7 Å². The molecule has 0 N–H and O–H groups in total. The predicted molar refractivity (Wildman–Crippen MR) is 207 cm³/mol. The summed E-state index contributed by atoms with van der Waals surface area (Å²) in [5.74, 6) is -2.82. The van der Waals surface area contributed by atoms with Crippen LogP contribution in [0.15, 0.2) is 136 Å². The van der Waals surface area contributed by atoms with E-state index in [1.807, 2.05) is 103 Å². The third kappa shape index (κ3) is 8.26. The molecule has 1 amide bonds. The van der Waals surface area contributed by atoms with Crippen LogP contribution in [0.5, 0.6) is 5.75 Å². The second kappa shape index (κ2) is 17.0. The minimum absolute atomic E-state index is 0.393. The molecule has 2 aliphatic heterocycles. The number of carbonyl (C=O) groups is 4. The highest BCUT2D eigenvalue weighted by Crippen LogP contribution is 2.63. The van der Waals surface area contributed by atoms with Crippen molar-refractivity contribution in [3.63, 3.8) is 0 Å². The van der Waals surface area contributed by atoms with Crippen LogP contribution in [-0.2, 0) is 44.7 Å². The van der Waals surface area contributed by atoms with E-state index < -0.39 is 59.3 Å². The molecule has 284 valence electrons. The zero-order valence-corrected chi connectivity index (χ0v) is 32.0. The summed E-state index contributed by atoms with van der Waals surface area (Å²) in [4.78, 5) is 57.8. The van der Waals surface area contributed by atoms with Crippen molar-refractivity contribution < 1.29 is 38.1 Å². The number of esters is 3. The molecule has 4 aromatic carbocycles. The molecule has 4 aromatic rings. The van der Waals surface area contributed by atoms with E-state index in [1.54, 1.807) is 24.3 Å². The molecule has 5 atom stereocenters. The van der Waals surface area contributed by atoms with Crippen LogP contribution < -0.4 is 9.64 Å². The van der Waals surface area contributed by atoms with E-state index in [-0.39, 0.29) is 0 Å². The molecule has 13 heteroatoms. The molecular formula is C42H42N4O8S. The van der Waals surface area contributed by atoms with Gasteiger partial charge in [0.25, 0.3) is 0 Å². The van der Waals surface area contributed by atoms with Crippen molar-refractivity contribution in [1.29, 1.82) is 0 Å². The van der Waals surface area contributed by atoms with Crippen molar-refractivity contribution in [2.45, 2.75) is 50.3 Å². The maximum Gasteiger partial charge on any atom is 0.303 e. The van der Waals surface area contributed by atoms with Crippen LogP contribution in [0.1, 0.15) is 31.9 Å². The number of carbonyl (C=O) groups excluding carboxylic acids is 4. The van der Waals surface area contributed by atoms with Gasteiger partial charge in [-0.1, -0.05) is 90.6 Å².